The number of aliphatic hydroxyl groups is 1. The second kappa shape index (κ2) is 7.43. The van der Waals surface area contributed by atoms with Crippen LogP contribution < -0.4 is 0 Å². The van der Waals surface area contributed by atoms with E-state index >= 15 is 0 Å². The van der Waals surface area contributed by atoms with Crippen LogP contribution in [0.2, 0.25) is 0 Å². The van der Waals surface area contributed by atoms with Gasteiger partial charge in [0.2, 0.25) is 0 Å². The van der Waals surface area contributed by atoms with E-state index in [1.54, 1.807) is 6.92 Å². The Morgan fingerprint density at radius 1 is 1.00 bits per heavy atom. The average Bonchev–Trinajstić information content (AvgIpc) is 2.41. The molecule has 0 aliphatic heterocycles. The fourth-order valence-electron chi connectivity index (χ4n) is 2.12. The highest BCUT2D eigenvalue weighted by Gasteiger charge is 2.68. The molecular formula is C15H27F5O2. The molecule has 0 saturated heterocycles. The highest BCUT2D eigenvalue weighted by molar-refractivity contribution is 5.01. The van der Waals surface area contributed by atoms with Crippen LogP contribution in [0.4, 0.5) is 22.0 Å². The molecule has 2 nitrogen and oxygen atoms in total. The van der Waals surface area contributed by atoms with Gasteiger partial charge in [-0.1, -0.05) is 20.8 Å². The molecule has 7 heteroatoms. The van der Waals surface area contributed by atoms with Gasteiger partial charge in [-0.2, -0.15) is 13.2 Å². The van der Waals surface area contributed by atoms with Crippen molar-refractivity contribution in [3.8, 4) is 0 Å². The highest BCUT2D eigenvalue weighted by Crippen LogP contribution is 2.58. The van der Waals surface area contributed by atoms with E-state index in [1.165, 1.54) is 6.92 Å². The molecular weight excluding hydrogens is 307 g/mol. The topological polar surface area (TPSA) is 29.5 Å². The second-order valence-corrected chi connectivity index (χ2v) is 6.50. The van der Waals surface area contributed by atoms with E-state index in [1.807, 2.05) is 0 Å². The van der Waals surface area contributed by atoms with Crippen molar-refractivity contribution < 1.29 is 31.8 Å². The van der Waals surface area contributed by atoms with Gasteiger partial charge in [0.05, 0.1) is 12.7 Å². The Kier molecular flexibility index (Phi) is 7.28. The molecule has 0 aliphatic carbocycles. The van der Waals surface area contributed by atoms with Gasteiger partial charge in [0, 0.05) is 12.0 Å². The first kappa shape index (κ1) is 21.6. The molecule has 0 spiro atoms. The SMILES string of the molecule is CCC(O)COCCC(C)(CC)C(F)(F)C(C)(C)C(F)(F)F. The Bertz CT molecular complexity index is 341. The lowest BCUT2D eigenvalue weighted by atomic mass is 9.66. The molecule has 0 aromatic rings. The predicted molar refractivity (Wildman–Crippen MR) is 74.9 cm³/mol. The number of rotatable bonds is 9. The maximum Gasteiger partial charge on any atom is 0.399 e. The molecule has 2 atom stereocenters. The Morgan fingerprint density at radius 3 is 1.86 bits per heavy atom. The third-order valence-corrected chi connectivity index (χ3v) is 4.61. The summed E-state index contributed by atoms with van der Waals surface area (Å²) in [5.41, 5.74) is -4.98. The van der Waals surface area contributed by atoms with Crippen molar-refractivity contribution in [2.24, 2.45) is 10.8 Å². The number of alkyl halides is 5. The first-order valence-electron chi connectivity index (χ1n) is 7.47. The van der Waals surface area contributed by atoms with Gasteiger partial charge in [0.25, 0.3) is 5.92 Å². The van der Waals surface area contributed by atoms with E-state index in [0.29, 0.717) is 20.3 Å². The summed E-state index contributed by atoms with van der Waals surface area (Å²) in [6, 6.07) is 0. The quantitative estimate of drug-likeness (QED) is 0.485. The molecule has 0 fully saturated rings. The summed E-state index contributed by atoms with van der Waals surface area (Å²) < 4.78 is 73.2. The molecule has 2 unspecified atom stereocenters. The summed E-state index contributed by atoms with van der Waals surface area (Å²) >= 11 is 0. The van der Waals surface area contributed by atoms with Crippen LogP contribution in [0.15, 0.2) is 0 Å². The summed E-state index contributed by atoms with van der Waals surface area (Å²) in [7, 11) is 0. The maximum atomic E-state index is 14.6. The summed E-state index contributed by atoms with van der Waals surface area (Å²) in [5.74, 6) is -3.94. The van der Waals surface area contributed by atoms with E-state index in [2.05, 4.69) is 0 Å². The summed E-state index contributed by atoms with van der Waals surface area (Å²) in [5, 5.41) is 9.32. The number of ether oxygens (including phenoxy) is 1. The fourth-order valence-corrected chi connectivity index (χ4v) is 2.12. The monoisotopic (exact) mass is 334 g/mol. The van der Waals surface area contributed by atoms with Crippen molar-refractivity contribution in [3.05, 3.63) is 0 Å². The van der Waals surface area contributed by atoms with Crippen molar-refractivity contribution in [1.82, 2.24) is 0 Å². The van der Waals surface area contributed by atoms with Crippen LogP contribution in [0.1, 0.15) is 53.9 Å². The second-order valence-electron chi connectivity index (χ2n) is 6.50. The predicted octanol–water partition coefficient (Wildman–Crippen LogP) is 4.80. The lowest BCUT2D eigenvalue weighted by Crippen LogP contribution is -2.56. The lowest BCUT2D eigenvalue weighted by molar-refractivity contribution is -0.318. The van der Waals surface area contributed by atoms with Gasteiger partial charge in [-0.3, -0.25) is 0 Å². The van der Waals surface area contributed by atoms with Crippen molar-refractivity contribution in [2.45, 2.75) is 72.1 Å². The summed E-state index contributed by atoms with van der Waals surface area (Å²) in [6.07, 6.45) is -5.57. The van der Waals surface area contributed by atoms with E-state index in [0.717, 1.165) is 6.92 Å². The zero-order valence-corrected chi connectivity index (χ0v) is 13.9. The van der Waals surface area contributed by atoms with E-state index in [9.17, 15) is 27.1 Å². The normalized spacial score (nSPS) is 18.1. The minimum absolute atomic E-state index is 0.00940. The standard InChI is InChI=1S/C15H27F5O2/c1-6-11(21)10-22-9-8-13(5,7-2)14(16,17)12(3,4)15(18,19)20/h11,21H,6-10H2,1-5H3. The van der Waals surface area contributed by atoms with Crippen molar-refractivity contribution in [1.29, 1.82) is 0 Å². The van der Waals surface area contributed by atoms with Gasteiger partial charge >= 0.3 is 6.18 Å². The van der Waals surface area contributed by atoms with E-state index < -0.39 is 29.0 Å². The fraction of sp³-hybridized carbons (Fsp3) is 1.00. The molecule has 1 N–H and O–H groups in total. The first-order chi connectivity index (χ1) is 9.77. The molecule has 22 heavy (non-hydrogen) atoms. The third kappa shape index (κ3) is 4.31. The van der Waals surface area contributed by atoms with Gasteiger partial charge < -0.3 is 9.84 Å². The van der Waals surface area contributed by atoms with Crippen molar-refractivity contribution >= 4 is 0 Å². The van der Waals surface area contributed by atoms with Gasteiger partial charge in [0.1, 0.15) is 5.41 Å². The minimum atomic E-state index is -5.01. The molecule has 0 amide bonds. The molecule has 0 aromatic carbocycles. The van der Waals surface area contributed by atoms with Crippen LogP contribution >= 0.6 is 0 Å². The molecule has 134 valence electrons. The Hall–Kier alpha value is -0.430. The average molecular weight is 334 g/mol. The smallest absolute Gasteiger partial charge is 0.391 e. The minimum Gasteiger partial charge on any atom is -0.391 e. The van der Waals surface area contributed by atoms with Gasteiger partial charge in [-0.05, 0) is 33.1 Å². The lowest BCUT2D eigenvalue weighted by Gasteiger charge is -2.46. The third-order valence-electron chi connectivity index (χ3n) is 4.61. The Morgan fingerprint density at radius 2 is 1.50 bits per heavy atom. The van der Waals surface area contributed by atoms with Gasteiger partial charge in [-0.15, -0.1) is 0 Å². The van der Waals surface area contributed by atoms with Crippen LogP contribution in [0.3, 0.4) is 0 Å². The highest BCUT2D eigenvalue weighted by atomic mass is 19.4. The maximum absolute atomic E-state index is 14.6. The van der Waals surface area contributed by atoms with Crippen LogP contribution in [-0.2, 0) is 4.74 Å². The zero-order valence-electron chi connectivity index (χ0n) is 13.9. The van der Waals surface area contributed by atoms with Crippen LogP contribution in [0, 0.1) is 10.8 Å². The number of aliphatic hydroxyl groups excluding tert-OH is 1. The summed E-state index contributed by atoms with van der Waals surface area (Å²) in [6.45, 7) is 5.27. The Labute approximate surface area is 129 Å². The molecule has 0 heterocycles. The van der Waals surface area contributed by atoms with E-state index in [4.69, 9.17) is 4.74 Å². The van der Waals surface area contributed by atoms with Gasteiger partial charge in [-0.25, -0.2) is 8.78 Å². The molecule has 0 aromatic heterocycles. The van der Waals surface area contributed by atoms with Gasteiger partial charge in [0.15, 0.2) is 0 Å². The van der Waals surface area contributed by atoms with E-state index in [-0.39, 0.29) is 26.1 Å². The van der Waals surface area contributed by atoms with Crippen molar-refractivity contribution in [3.63, 3.8) is 0 Å². The molecule has 0 aliphatic rings. The molecule has 0 radical (unpaired) electrons. The zero-order chi connectivity index (χ0) is 17.8. The molecule has 0 bridgehead atoms. The van der Waals surface area contributed by atoms with Crippen molar-refractivity contribution in [2.75, 3.05) is 13.2 Å². The summed E-state index contributed by atoms with van der Waals surface area (Å²) in [4.78, 5) is 0. The number of hydrogen-bond acceptors (Lipinski definition) is 2. The Balaban J connectivity index is 5.04. The largest absolute Gasteiger partial charge is 0.399 e. The first-order valence-corrected chi connectivity index (χ1v) is 7.47. The van der Waals surface area contributed by atoms with Crippen LogP contribution in [0.5, 0.6) is 0 Å². The number of halogens is 5. The molecule has 0 saturated carbocycles. The number of hydrogen-bond donors (Lipinski definition) is 1. The van der Waals surface area contributed by atoms with Crippen LogP contribution in [-0.4, -0.2) is 36.5 Å². The van der Waals surface area contributed by atoms with Crippen LogP contribution in [0.25, 0.3) is 0 Å². The molecule has 0 rings (SSSR count).